The third-order valence-electron chi connectivity index (χ3n) is 2.04. The number of carbonyl (C=O) groups is 3. The van der Waals surface area contributed by atoms with E-state index in [9.17, 15) is 14.4 Å². The number of carbonyl (C=O) groups excluding carboxylic acids is 2. The molecule has 1 atom stereocenters. The second-order valence-electron chi connectivity index (χ2n) is 5.11. The van der Waals surface area contributed by atoms with E-state index in [2.05, 4.69) is 10.6 Å². The van der Waals surface area contributed by atoms with Gasteiger partial charge < -0.3 is 20.5 Å². The number of ether oxygens (including phenoxy) is 1. The van der Waals surface area contributed by atoms with Crippen molar-refractivity contribution in [3.8, 4) is 0 Å². The largest absolute Gasteiger partial charge is 0.480 e. The van der Waals surface area contributed by atoms with E-state index >= 15 is 0 Å². The number of hydrogen-bond acceptors (Lipinski definition) is 4. The molecule has 2 amide bonds. The molecule has 0 aliphatic carbocycles. The van der Waals surface area contributed by atoms with Gasteiger partial charge in [0.05, 0.1) is 12.2 Å². The van der Waals surface area contributed by atoms with Gasteiger partial charge in [-0.3, -0.25) is 9.59 Å². The fourth-order valence-corrected chi connectivity index (χ4v) is 1.13. The van der Waals surface area contributed by atoms with Crippen LogP contribution in [-0.2, 0) is 19.1 Å². The first-order chi connectivity index (χ1) is 8.61. The Morgan fingerprint density at radius 1 is 1.26 bits per heavy atom. The molecule has 7 nitrogen and oxygen atoms in total. The molecule has 110 valence electrons. The van der Waals surface area contributed by atoms with E-state index in [1.54, 1.807) is 20.8 Å². The number of rotatable bonds is 7. The van der Waals surface area contributed by atoms with Crippen molar-refractivity contribution >= 4 is 17.8 Å². The van der Waals surface area contributed by atoms with Crippen molar-refractivity contribution in [3.05, 3.63) is 0 Å². The lowest BCUT2D eigenvalue weighted by molar-refractivity contribution is -0.145. The molecule has 0 rings (SSSR count). The van der Waals surface area contributed by atoms with Crippen molar-refractivity contribution in [2.45, 2.75) is 45.8 Å². The molecule has 3 N–H and O–H groups in total. The molecule has 0 aromatic carbocycles. The van der Waals surface area contributed by atoms with Crippen molar-refractivity contribution in [2.75, 3.05) is 13.2 Å². The summed E-state index contributed by atoms with van der Waals surface area (Å²) in [6.07, 6.45) is 0.0267. The van der Waals surface area contributed by atoms with Gasteiger partial charge in [0, 0.05) is 19.9 Å². The molecule has 0 aliphatic rings. The Bertz CT molecular complexity index is 336. The maximum Gasteiger partial charge on any atom is 0.328 e. The van der Waals surface area contributed by atoms with Gasteiger partial charge in [0.25, 0.3) is 0 Å². The number of aliphatic carboxylic acids is 1. The van der Waals surface area contributed by atoms with Crippen LogP contribution in [0.3, 0.4) is 0 Å². The van der Waals surface area contributed by atoms with Crippen LogP contribution in [0.25, 0.3) is 0 Å². The first-order valence-electron chi connectivity index (χ1n) is 6.02. The summed E-state index contributed by atoms with van der Waals surface area (Å²) in [4.78, 5) is 33.1. The van der Waals surface area contributed by atoms with Gasteiger partial charge in [-0.1, -0.05) is 0 Å². The fraction of sp³-hybridized carbons (Fsp3) is 0.750. The number of carboxylic acid groups (broad SMARTS) is 1. The molecule has 0 bridgehead atoms. The van der Waals surface area contributed by atoms with Crippen molar-refractivity contribution in [3.63, 3.8) is 0 Å². The first kappa shape index (κ1) is 17.4. The normalized spacial score (nSPS) is 12.6. The van der Waals surface area contributed by atoms with Crippen molar-refractivity contribution in [1.29, 1.82) is 0 Å². The van der Waals surface area contributed by atoms with Gasteiger partial charge in [-0.2, -0.15) is 0 Å². The van der Waals surface area contributed by atoms with Crippen LogP contribution in [0.5, 0.6) is 0 Å². The van der Waals surface area contributed by atoms with Gasteiger partial charge in [-0.25, -0.2) is 4.79 Å². The Labute approximate surface area is 112 Å². The Kier molecular flexibility index (Phi) is 7.06. The molecule has 0 saturated carbocycles. The zero-order valence-corrected chi connectivity index (χ0v) is 11.8. The van der Waals surface area contributed by atoms with Crippen LogP contribution in [0.15, 0.2) is 0 Å². The molecule has 0 saturated heterocycles. The molecule has 0 unspecified atom stereocenters. The van der Waals surface area contributed by atoms with Crippen LogP contribution >= 0.6 is 0 Å². The standard InChI is InChI=1S/C12H22N2O5/c1-8(15)13-6-5-10(16)14-9(11(17)18)7-19-12(2,3)4/h9H,5-7H2,1-4H3,(H,13,15)(H,14,16)(H,17,18)/t9-/m0/s1. The molecule has 7 heteroatoms. The van der Waals surface area contributed by atoms with Gasteiger partial charge in [0.1, 0.15) is 0 Å². The number of nitrogens with one attached hydrogen (secondary N) is 2. The lowest BCUT2D eigenvalue weighted by Gasteiger charge is -2.23. The number of hydrogen-bond donors (Lipinski definition) is 3. The van der Waals surface area contributed by atoms with E-state index in [4.69, 9.17) is 9.84 Å². The highest BCUT2D eigenvalue weighted by Gasteiger charge is 2.22. The molecular formula is C12H22N2O5. The molecule has 0 heterocycles. The van der Waals surface area contributed by atoms with Gasteiger partial charge >= 0.3 is 5.97 Å². The maximum atomic E-state index is 11.5. The third-order valence-corrected chi connectivity index (χ3v) is 2.04. The Hall–Kier alpha value is -1.63. The van der Waals surface area contributed by atoms with Crippen molar-refractivity contribution < 1.29 is 24.2 Å². The molecule has 0 spiro atoms. The van der Waals surface area contributed by atoms with Crippen LogP contribution in [0.1, 0.15) is 34.1 Å². The summed E-state index contributed by atoms with van der Waals surface area (Å²) >= 11 is 0. The minimum atomic E-state index is -1.16. The summed E-state index contributed by atoms with van der Waals surface area (Å²) < 4.78 is 5.33. The van der Waals surface area contributed by atoms with Crippen molar-refractivity contribution in [1.82, 2.24) is 10.6 Å². The zero-order valence-electron chi connectivity index (χ0n) is 11.8. The minimum Gasteiger partial charge on any atom is -0.480 e. The Morgan fingerprint density at radius 2 is 1.84 bits per heavy atom. The summed E-state index contributed by atoms with van der Waals surface area (Å²) in [6.45, 7) is 6.80. The molecule has 0 aliphatic heterocycles. The van der Waals surface area contributed by atoms with Crippen molar-refractivity contribution in [2.24, 2.45) is 0 Å². The van der Waals surface area contributed by atoms with E-state index < -0.39 is 23.5 Å². The lowest BCUT2D eigenvalue weighted by atomic mass is 10.2. The maximum absolute atomic E-state index is 11.5. The summed E-state index contributed by atoms with van der Waals surface area (Å²) in [7, 11) is 0. The van der Waals surface area contributed by atoms with Crippen LogP contribution < -0.4 is 10.6 Å². The third kappa shape index (κ3) is 10.0. The molecule has 0 radical (unpaired) electrons. The summed E-state index contributed by atoms with van der Waals surface area (Å²) in [5.74, 6) is -1.84. The van der Waals surface area contributed by atoms with Gasteiger partial charge in [-0.15, -0.1) is 0 Å². The number of amides is 2. The van der Waals surface area contributed by atoms with E-state index in [0.717, 1.165) is 0 Å². The SMILES string of the molecule is CC(=O)NCCC(=O)N[C@@H](COC(C)(C)C)C(=O)O. The molecule has 0 aromatic heterocycles. The number of carboxylic acids is 1. The zero-order chi connectivity index (χ0) is 15.1. The predicted octanol–water partition coefficient (Wildman–Crippen LogP) is -0.103. The Morgan fingerprint density at radius 3 is 2.26 bits per heavy atom. The fourth-order valence-electron chi connectivity index (χ4n) is 1.13. The van der Waals surface area contributed by atoms with Gasteiger partial charge in [0.15, 0.2) is 6.04 Å². The molecule has 0 fully saturated rings. The Balaban J connectivity index is 4.16. The summed E-state index contributed by atoms with van der Waals surface area (Å²) in [6, 6.07) is -1.09. The first-order valence-corrected chi connectivity index (χ1v) is 6.02. The lowest BCUT2D eigenvalue weighted by Crippen LogP contribution is -2.46. The van der Waals surface area contributed by atoms with E-state index in [0.29, 0.717) is 0 Å². The van der Waals surface area contributed by atoms with Crippen LogP contribution in [0.4, 0.5) is 0 Å². The highest BCUT2D eigenvalue weighted by molar-refractivity contribution is 5.84. The second kappa shape index (κ2) is 7.73. The van der Waals surface area contributed by atoms with Gasteiger partial charge in [0.2, 0.25) is 11.8 Å². The van der Waals surface area contributed by atoms with Crippen LogP contribution in [0.2, 0.25) is 0 Å². The molecule has 0 aromatic rings. The van der Waals surface area contributed by atoms with Crippen LogP contribution in [-0.4, -0.2) is 47.7 Å². The van der Waals surface area contributed by atoms with E-state index in [-0.39, 0.29) is 25.5 Å². The quantitative estimate of drug-likeness (QED) is 0.601. The topological polar surface area (TPSA) is 105 Å². The predicted molar refractivity (Wildman–Crippen MR) is 68.6 cm³/mol. The van der Waals surface area contributed by atoms with E-state index in [1.807, 2.05) is 0 Å². The highest BCUT2D eigenvalue weighted by atomic mass is 16.5. The summed E-state index contributed by atoms with van der Waals surface area (Å²) in [5, 5.41) is 13.8. The second-order valence-corrected chi connectivity index (χ2v) is 5.11. The molecular weight excluding hydrogens is 252 g/mol. The van der Waals surface area contributed by atoms with Gasteiger partial charge in [-0.05, 0) is 20.8 Å². The average molecular weight is 274 g/mol. The average Bonchev–Trinajstić information content (AvgIpc) is 2.21. The minimum absolute atomic E-state index is 0.0267. The smallest absolute Gasteiger partial charge is 0.328 e. The highest BCUT2D eigenvalue weighted by Crippen LogP contribution is 2.07. The van der Waals surface area contributed by atoms with E-state index in [1.165, 1.54) is 6.92 Å². The monoisotopic (exact) mass is 274 g/mol. The summed E-state index contributed by atoms with van der Waals surface area (Å²) in [5.41, 5.74) is -0.478. The van der Waals surface area contributed by atoms with Crippen LogP contribution in [0, 0.1) is 0 Å². The molecule has 19 heavy (non-hydrogen) atoms.